The Morgan fingerprint density at radius 3 is 2.53 bits per heavy atom. The van der Waals surface area contributed by atoms with Crippen LogP contribution >= 0.6 is 0 Å². The van der Waals surface area contributed by atoms with Crippen LogP contribution in [0.4, 0.5) is 13.2 Å². The Bertz CT molecular complexity index is 1140. The van der Waals surface area contributed by atoms with Crippen molar-refractivity contribution in [3.8, 4) is 0 Å². The Balaban J connectivity index is 1.53. The molecule has 0 bridgehead atoms. The van der Waals surface area contributed by atoms with Crippen molar-refractivity contribution in [1.29, 1.82) is 0 Å². The van der Waals surface area contributed by atoms with E-state index in [1.54, 1.807) is 11.0 Å². The summed E-state index contributed by atoms with van der Waals surface area (Å²) in [6.45, 7) is 0.262. The highest BCUT2D eigenvalue weighted by atomic mass is 19.4. The van der Waals surface area contributed by atoms with Crippen LogP contribution in [0.3, 0.4) is 0 Å². The number of hydrogen-bond acceptors (Lipinski definition) is 3. The number of alkyl halides is 3. The summed E-state index contributed by atoms with van der Waals surface area (Å²) in [4.78, 5) is 19.0. The fourth-order valence-corrected chi connectivity index (χ4v) is 5.55. The zero-order valence-corrected chi connectivity index (χ0v) is 17.4. The summed E-state index contributed by atoms with van der Waals surface area (Å²) >= 11 is 0. The molecule has 3 aromatic rings. The average molecular weight is 443 g/mol. The molecule has 2 aromatic heterocycles. The number of carbonyl (C=O) groups is 1. The minimum absolute atomic E-state index is 0.140. The van der Waals surface area contributed by atoms with Crippen molar-refractivity contribution in [2.24, 2.45) is 5.92 Å². The number of pyridine rings is 1. The third-order valence-corrected chi connectivity index (χ3v) is 7.02. The highest BCUT2D eigenvalue weighted by Crippen LogP contribution is 2.47. The van der Waals surface area contributed by atoms with E-state index < -0.39 is 23.5 Å². The molecule has 1 aromatic carbocycles. The molecular formula is C24H24F3N3O2. The van der Waals surface area contributed by atoms with Crippen molar-refractivity contribution in [3.63, 3.8) is 0 Å². The number of rotatable bonds is 2. The maximum atomic E-state index is 13.6. The van der Waals surface area contributed by atoms with Gasteiger partial charge in [0.2, 0.25) is 5.82 Å². The number of imidazole rings is 1. The molecule has 168 valence electrons. The number of amides is 1. The number of hydrogen-bond donors (Lipinski definition) is 1. The molecule has 1 aliphatic heterocycles. The molecule has 1 amide bonds. The molecule has 3 heterocycles. The predicted octanol–water partition coefficient (Wildman–Crippen LogP) is 4.65. The Labute approximate surface area is 183 Å². The lowest BCUT2D eigenvalue weighted by atomic mass is 9.66. The Morgan fingerprint density at radius 2 is 1.78 bits per heavy atom. The van der Waals surface area contributed by atoms with Crippen molar-refractivity contribution in [2.75, 3.05) is 6.54 Å². The number of aliphatic hydroxyl groups is 1. The van der Waals surface area contributed by atoms with Gasteiger partial charge in [0.05, 0.1) is 11.1 Å². The van der Waals surface area contributed by atoms with Gasteiger partial charge in [0, 0.05) is 24.7 Å². The lowest BCUT2D eigenvalue weighted by Gasteiger charge is -2.52. The first-order valence-electron chi connectivity index (χ1n) is 10.9. The van der Waals surface area contributed by atoms with E-state index in [0.29, 0.717) is 12.8 Å². The van der Waals surface area contributed by atoms with E-state index in [-0.39, 0.29) is 29.7 Å². The smallest absolute Gasteiger partial charge is 0.385 e. The normalized spacial score (nSPS) is 26.2. The molecule has 0 spiro atoms. The van der Waals surface area contributed by atoms with Gasteiger partial charge in [0.25, 0.3) is 5.91 Å². The summed E-state index contributed by atoms with van der Waals surface area (Å²) in [6, 6.07) is 13.8. The van der Waals surface area contributed by atoms with Crippen LogP contribution in [-0.4, -0.2) is 37.9 Å². The molecule has 1 N–H and O–H groups in total. The maximum Gasteiger partial charge on any atom is 0.450 e. The Hall–Kier alpha value is -2.87. The van der Waals surface area contributed by atoms with Gasteiger partial charge in [-0.25, -0.2) is 4.98 Å². The van der Waals surface area contributed by atoms with Gasteiger partial charge in [-0.05, 0) is 37.0 Å². The monoisotopic (exact) mass is 443 g/mol. The lowest BCUT2D eigenvalue weighted by Crippen LogP contribution is -2.59. The first-order valence-corrected chi connectivity index (χ1v) is 10.9. The van der Waals surface area contributed by atoms with E-state index in [0.717, 1.165) is 29.2 Å². The molecule has 2 aliphatic rings. The van der Waals surface area contributed by atoms with Crippen LogP contribution in [0.5, 0.6) is 0 Å². The van der Waals surface area contributed by atoms with Crippen molar-refractivity contribution >= 4 is 11.4 Å². The molecule has 5 nitrogen and oxygen atoms in total. The number of benzene rings is 1. The summed E-state index contributed by atoms with van der Waals surface area (Å²) in [5.41, 5.74) is -0.277. The number of fused-ring (bicyclic) bond motifs is 2. The largest absolute Gasteiger partial charge is 0.450 e. The third-order valence-electron chi connectivity index (χ3n) is 7.02. The average Bonchev–Trinajstić information content (AvgIpc) is 3.20. The minimum atomic E-state index is -4.67. The van der Waals surface area contributed by atoms with Crippen LogP contribution in [0, 0.1) is 5.92 Å². The van der Waals surface area contributed by atoms with Crippen molar-refractivity contribution in [3.05, 3.63) is 71.8 Å². The fraction of sp³-hybridized carbons (Fsp3) is 0.417. The maximum absolute atomic E-state index is 13.6. The second-order valence-corrected chi connectivity index (χ2v) is 8.73. The van der Waals surface area contributed by atoms with Crippen molar-refractivity contribution in [1.82, 2.24) is 14.3 Å². The van der Waals surface area contributed by atoms with E-state index in [1.807, 2.05) is 30.3 Å². The molecule has 2 fully saturated rings. The number of piperidine rings is 1. The van der Waals surface area contributed by atoms with Crippen molar-refractivity contribution < 1.29 is 23.1 Å². The highest BCUT2D eigenvalue weighted by Gasteiger charge is 2.51. The van der Waals surface area contributed by atoms with E-state index in [1.165, 1.54) is 18.3 Å². The number of likely N-dealkylation sites (tertiary alicyclic amines) is 1. The molecule has 0 unspecified atom stereocenters. The van der Waals surface area contributed by atoms with Crippen molar-refractivity contribution in [2.45, 2.75) is 49.9 Å². The van der Waals surface area contributed by atoms with E-state index in [2.05, 4.69) is 4.98 Å². The second-order valence-electron chi connectivity index (χ2n) is 8.73. The zero-order valence-electron chi connectivity index (χ0n) is 17.4. The predicted molar refractivity (Wildman–Crippen MR) is 112 cm³/mol. The molecule has 8 heteroatoms. The van der Waals surface area contributed by atoms with Gasteiger partial charge >= 0.3 is 6.18 Å². The summed E-state index contributed by atoms with van der Waals surface area (Å²) < 4.78 is 41.6. The van der Waals surface area contributed by atoms with Crippen LogP contribution in [0.1, 0.15) is 54.0 Å². The van der Waals surface area contributed by atoms with Gasteiger partial charge in [-0.2, -0.15) is 13.2 Å². The van der Waals surface area contributed by atoms with Crippen LogP contribution in [0.25, 0.3) is 5.52 Å². The molecule has 0 radical (unpaired) electrons. The van der Waals surface area contributed by atoms with Gasteiger partial charge in [-0.3, -0.25) is 9.20 Å². The fourth-order valence-electron chi connectivity index (χ4n) is 5.55. The molecule has 5 rings (SSSR count). The second kappa shape index (κ2) is 7.62. The van der Waals surface area contributed by atoms with E-state index in [4.69, 9.17) is 0 Å². The minimum Gasteiger partial charge on any atom is -0.385 e. The quantitative estimate of drug-likeness (QED) is 0.628. The van der Waals surface area contributed by atoms with E-state index >= 15 is 0 Å². The van der Waals surface area contributed by atoms with Crippen LogP contribution in [-0.2, 0) is 11.8 Å². The third kappa shape index (κ3) is 3.28. The standard InChI is InChI=1S/C24H24F3N3O2/c25-24(26,27)22-28-20(19-12-6-7-14-30(19)22)21(31)29-15-13-23(32,16-8-2-1-3-9-16)17-10-4-5-11-18(17)29/h1-3,6-9,12,14,17-18,32H,4-5,10-11,13,15H2/t17-,18+,23-/m0/s1. The van der Waals surface area contributed by atoms with Crippen LogP contribution in [0.15, 0.2) is 54.7 Å². The van der Waals surface area contributed by atoms with Crippen LogP contribution in [0.2, 0.25) is 0 Å². The summed E-state index contributed by atoms with van der Waals surface area (Å²) in [5.74, 6) is -1.78. The van der Waals surface area contributed by atoms with Gasteiger partial charge in [0.15, 0.2) is 5.69 Å². The van der Waals surface area contributed by atoms with Gasteiger partial charge in [-0.15, -0.1) is 0 Å². The molecule has 3 atom stereocenters. The Morgan fingerprint density at radius 1 is 1.06 bits per heavy atom. The topological polar surface area (TPSA) is 57.8 Å². The first-order chi connectivity index (χ1) is 15.3. The summed E-state index contributed by atoms with van der Waals surface area (Å²) in [6.07, 6.45) is 0.266. The SMILES string of the molecule is O=C(c1nc(C(F)(F)F)n2ccccc12)N1CC[C@](O)(c2ccccc2)[C@H]2CCCC[C@H]21. The lowest BCUT2D eigenvalue weighted by molar-refractivity contribution is -0.145. The molecule has 1 aliphatic carbocycles. The molecule has 1 saturated heterocycles. The molecule has 1 saturated carbocycles. The molecular weight excluding hydrogens is 419 g/mol. The Kier molecular flexibility index (Phi) is 5.00. The number of carbonyl (C=O) groups excluding carboxylic acids is 1. The summed E-state index contributed by atoms with van der Waals surface area (Å²) in [5, 5.41) is 11.7. The number of nitrogens with zero attached hydrogens (tertiary/aromatic N) is 3. The number of halogens is 3. The van der Waals surface area contributed by atoms with E-state index in [9.17, 15) is 23.1 Å². The summed E-state index contributed by atoms with van der Waals surface area (Å²) in [7, 11) is 0. The number of aromatic nitrogens is 2. The molecule has 32 heavy (non-hydrogen) atoms. The van der Waals surface area contributed by atoms with Gasteiger partial charge < -0.3 is 10.0 Å². The van der Waals surface area contributed by atoms with Gasteiger partial charge in [0.1, 0.15) is 0 Å². The van der Waals surface area contributed by atoms with Crippen LogP contribution < -0.4 is 0 Å². The highest BCUT2D eigenvalue weighted by molar-refractivity contribution is 5.99. The van der Waals surface area contributed by atoms with Gasteiger partial charge in [-0.1, -0.05) is 49.2 Å². The zero-order chi connectivity index (χ0) is 22.5. The first kappa shape index (κ1) is 21.0.